The smallest absolute Gasteiger partial charge is 0.0964 e. The van der Waals surface area contributed by atoms with E-state index >= 15 is 0 Å². The number of hydrogen-bond donors (Lipinski definition) is 1. The van der Waals surface area contributed by atoms with Gasteiger partial charge < -0.3 is 5.32 Å². The van der Waals surface area contributed by atoms with Crippen LogP contribution in [0.5, 0.6) is 0 Å². The fraction of sp³-hybridized carbons (Fsp3) is 0.857. The van der Waals surface area contributed by atoms with E-state index in [1.54, 1.807) is 0 Å². The van der Waals surface area contributed by atoms with Gasteiger partial charge in [-0.15, -0.1) is 5.10 Å². The van der Waals surface area contributed by atoms with Crippen molar-refractivity contribution in [2.45, 2.75) is 71.9 Å². The largest absolute Gasteiger partial charge is 0.311 e. The molecule has 0 aliphatic rings. The molecule has 18 heavy (non-hydrogen) atoms. The van der Waals surface area contributed by atoms with E-state index in [1.807, 2.05) is 4.68 Å². The Morgan fingerprint density at radius 1 is 1.06 bits per heavy atom. The Bertz CT molecular complexity index is 296. The fourth-order valence-electron chi connectivity index (χ4n) is 2.01. The van der Waals surface area contributed by atoms with Crippen LogP contribution in [0.2, 0.25) is 0 Å². The predicted octanol–water partition coefficient (Wildman–Crippen LogP) is 3.14. The Balaban J connectivity index is 2.03. The van der Waals surface area contributed by atoms with Crippen LogP contribution in [0.4, 0.5) is 0 Å². The molecular weight excluding hydrogens is 224 g/mol. The van der Waals surface area contributed by atoms with E-state index in [2.05, 4.69) is 35.7 Å². The third kappa shape index (κ3) is 6.74. The maximum atomic E-state index is 4.14. The lowest BCUT2D eigenvalue weighted by Gasteiger charge is -2.01. The molecule has 4 nitrogen and oxygen atoms in total. The Kier molecular flexibility index (Phi) is 8.47. The van der Waals surface area contributed by atoms with Crippen LogP contribution in [-0.4, -0.2) is 21.5 Å². The van der Waals surface area contributed by atoms with Gasteiger partial charge >= 0.3 is 0 Å². The van der Waals surface area contributed by atoms with Crippen LogP contribution < -0.4 is 5.32 Å². The number of nitrogens with zero attached hydrogens (tertiary/aromatic N) is 3. The third-order valence-corrected chi connectivity index (χ3v) is 3.13. The first-order valence-corrected chi connectivity index (χ1v) is 7.46. The minimum atomic E-state index is 0.827. The highest BCUT2D eigenvalue weighted by Gasteiger charge is 1.99. The molecule has 0 saturated carbocycles. The number of nitrogens with one attached hydrogen (secondary N) is 1. The van der Waals surface area contributed by atoms with Crippen LogP contribution in [0.3, 0.4) is 0 Å². The molecule has 0 spiro atoms. The Hall–Kier alpha value is -0.900. The molecule has 1 heterocycles. The van der Waals surface area contributed by atoms with E-state index in [4.69, 9.17) is 0 Å². The Morgan fingerprint density at radius 2 is 1.78 bits per heavy atom. The average Bonchev–Trinajstić information content (AvgIpc) is 2.83. The van der Waals surface area contributed by atoms with Crippen LogP contribution in [-0.2, 0) is 13.1 Å². The molecule has 0 unspecified atom stereocenters. The SMILES string of the molecule is CCCCCCCCCn1cc(CNCC)nn1. The molecule has 0 aromatic carbocycles. The van der Waals surface area contributed by atoms with Gasteiger partial charge in [-0.1, -0.05) is 57.6 Å². The summed E-state index contributed by atoms with van der Waals surface area (Å²) in [6.45, 7) is 7.17. The lowest BCUT2D eigenvalue weighted by molar-refractivity contribution is 0.513. The van der Waals surface area contributed by atoms with Gasteiger partial charge in [-0.2, -0.15) is 0 Å². The summed E-state index contributed by atoms with van der Waals surface area (Å²) >= 11 is 0. The van der Waals surface area contributed by atoms with Gasteiger partial charge in [-0.3, -0.25) is 4.68 Å². The van der Waals surface area contributed by atoms with Gasteiger partial charge in [-0.05, 0) is 13.0 Å². The van der Waals surface area contributed by atoms with E-state index in [9.17, 15) is 0 Å². The molecule has 0 aliphatic heterocycles. The van der Waals surface area contributed by atoms with Gasteiger partial charge in [0.05, 0.1) is 5.69 Å². The van der Waals surface area contributed by atoms with Crippen molar-refractivity contribution in [2.75, 3.05) is 6.54 Å². The summed E-state index contributed by atoms with van der Waals surface area (Å²) in [5, 5.41) is 11.5. The minimum Gasteiger partial charge on any atom is -0.311 e. The summed E-state index contributed by atoms with van der Waals surface area (Å²) in [5.41, 5.74) is 1.04. The third-order valence-electron chi connectivity index (χ3n) is 3.13. The van der Waals surface area contributed by atoms with Gasteiger partial charge in [0.15, 0.2) is 0 Å². The van der Waals surface area contributed by atoms with Crippen LogP contribution in [0.1, 0.15) is 64.5 Å². The van der Waals surface area contributed by atoms with Gasteiger partial charge in [0.25, 0.3) is 0 Å². The number of aromatic nitrogens is 3. The number of unbranched alkanes of at least 4 members (excludes halogenated alkanes) is 6. The molecule has 1 rings (SSSR count). The molecule has 0 atom stereocenters. The van der Waals surface area contributed by atoms with Crippen molar-refractivity contribution in [2.24, 2.45) is 0 Å². The molecule has 1 aromatic rings. The first-order chi connectivity index (χ1) is 8.86. The van der Waals surface area contributed by atoms with Gasteiger partial charge in [0.2, 0.25) is 0 Å². The summed E-state index contributed by atoms with van der Waals surface area (Å²) in [5.74, 6) is 0. The van der Waals surface area contributed by atoms with E-state index in [-0.39, 0.29) is 0 Å². The van der Waals surface area contributed by atoms with E-state index in [0.29, 0.717) is 0 Å². The summed E-state index contributed by atoms with van der Waals surface area (Å²) in [6, 6.07) is 0. The molecular formula is C14H28N4. The zero-order valence-electron chi connectivity index (χ0n) is 12.0. The standard InChI is InChI=1S/C14H28N4/c1-3-5-6-7-8-9-10-11-18-13-14(16-17-18)12-15-4-2/h13,15H,3-12H2,1-2H3. The van der Waals surface area contributed by atoms with Crippen LogP contribution >= 0.6 is 0 Å². The highest BCUT2D eigenvalue weighted by molar-refractivity contribution is 4.91. The summed E-state index contributed by atoms with van der Waals surface area (Å²) in [7, 11) is 0. The van der Waals surface area contributed by atoms with Crippen molar-refractivity contribution < 1.29 is 0 Å². The van der Waals surface area contributed by atoms with Crippen LogP contribution in [0.25, 0.3) is 0 Å². The van der Waals surface area contributed by atoms with Gasteiger partial charge in [0.1, 0.15) is 0 Å². The summed E-state index contributed by atoms with van der Waals surface area (Å²) in [6.07, 6.45) is 11.4. The highest BCUT2D eigenvalue weighted by atomic mass is 15.4. The van der Waals surface area contributed by atoms with Gasteiger partial charge in [0, 0.05) is 19.3 Å². The second-order valence-electron chi connectivity index (χ2n) is 4.87. The lowest BCUT2D eigenvalue weighted by atomic mass is 10.1. The monoisotopic (exact) mass is 252 g/mol. The lowest BCUT2D eigenvalue weighted by Crippen LogP contribution is -2.11. The highest BCUT2D eigenvalue weighted by Crippen LogP contribution is 2.07. The normalized spacial score (nSPS) is 11.0. The number of aryl methyl sites for hydroxylation is 1. The fourth-order valence-corrected chi connectivity index (χ4v) is 2.01. The maximum absolute atomic E-state index is 4.14. The number of rotatable bonds is 11. The first-order valence-electron chi connectivity index (χ1n) is 7.46. The van der Waals surface area contributed by atoms with E-state index in [1.165, 1.54) is 44.9 Å². The van der Waals surface area contributed by atoms with Crippen LogP contribution in [0, 0.1) is 0 Å². The molecule has 104 valence electrons. The minimum absolute atomic E-state index is 0.827. The van der Waals surface area contributed by atoms with Gasteiger partial charge in [-0.25, -0.2) is 0 Å². The zero-order valence-corrected chi connectivity index (χ0v) is 12.0. The number of hydrogen-bond acceptors (Lipinski definition) is 3. The average molecular weight is 252 g/mol. The molecule has 0 radical (unpaired) electrons. The second kappa shape index (κ2) is 10.1. The first kappa shape index (κ1) is 15.2. The Morgan fingerprint density at radius 3 is 2.50 bits per heavy atom. The predicted molar refractivity (Wildman–Crippen MR) is 75.4 cm³/mol. The van der Waals surface area contributed by atoms with Crippen molar-refractivity contribution >= 4 is 0 Å². The van der Waals surface area contributed by atoms with Crippen LogP contribution in [0.15, 0.2) is 6.20 Å². The molecule has 0 saturated heterocycles. The van der Waals surface area contributed by atoms with Crippen molar-refractivity contribution in [1.29, 1.82) is 0 Å². The molecule has 1 aromatic heterocycles. The van der Waals surface area contributed by atoms with Crippen molar-refractivity contribution in [3.05, 3.63) is 11.9 Å². The topological polar surface area (TPSA) is 42.7 Å². The quantitative estimate of drug-likeness (QED) is 0.615. The molecule has 4 heteroatoms. The van der Waals surface area contributed by atoms with E-state index < -0.39 is 0 Å². The van der Waals surface area contributed by atoms with Crippen molar-refractivity contribution in [1.82, 2.24) is 20.3 Å². The summed E-state index contributed by atoms with van der Waals surface area (Å²) < 4.78 is 1.97. The maximum Gasteiger partial charge on any atom is 0.0964 e. The molecule has 0 amide bonds. The second-order valence-corrected chi connectivity index (χ2v) is 4.87. The molecule has 0 fully saturated rings. The van der Waals surface area contributed by atoms with Crippen molar-refractivity contribution in [3.8, 4) is 0 Å². The Labute approximate surface area is 111 Å². The zero-order chi connectivity index (χ0) is 13.1. The van der Waals surface area contributed by atoms with Crippen molar-refractivity contribution in [3.63, 3.8) is 0 Å². The van der Waals surface area contributed by atoms with E-state index in [0.717, 1.165) is 25.3 Å². The molecule has 0 bridgehead atoms. The molecule has 1 N–H and O–H groups in total. The molecule has 0 aliphatic carbocycles. The summed E-state index contributed by atoms with van der Waals surface area (Å²) in [4.78, 5) is 0.